The molecule has 0 aromatic heterocycles. The zero-order valence-corrected chi connectivity index (χ0v) is 14.2. The zero-order valence-electron chi connectivity index (χ0n) is 13.4. The van der Waals surface area contributed by atoms with Crippen molar-refractivity contribution in [1.29, 1.82) is 0 Å². The maximum atomic E-state index is 12.5. The van der Waals surface area contributed by atoms with E-state index >= 15 is 0 Å². The van der Waals surface area contributed by atoms with Crippen molar-refractivity contribution in [2.75, 3.05) is 16.8 Å². The summed E-state index contributed by atoms with van der Waals surface area (Å²) in [7, 11) is 0. The van der Waals surface area contributed by atoms with Crippen LogP contribution in [-0.2, 0) is 0 Å². The van der Waals surface area contributed by atoms with E-state index < -0.39 is 6.09 Å². The van der Waals surface area contributed by atoms with E-state index in [2.05, 4.69) is 11.2 Å². The van der Waals surface area contributed by atoms with Crippen molar-refractivity contribution in [3.8, 4) is 18.1 Å². The second kappa shape index (κ2) is 8.70. The molecule has 2 aromatic carbocycles. The minimum Gasteiger partial charge on any atom is -0.410 e. The third-order valence-corrected chi connectivity index (χ3v) is 3.57. The van der Waals surface area contributed by atoms with E-state index in [0.29, 0.717) is 11.4 Å². The predicted molar refractivity (Wildman–Crippen MR) is 102 cm³/mol. The molecule has 2 aromatic rings. The quantitative estimate of drug-likeness (QED) is 0.645. The lowest BCUT2D eigenvalue weighted by atomic mass is 10.3. The summed E-state index contributed by atoms with van der Waals surface area (Å²) in [4.78, 5) is 14.6. The number of nitrogens with zero attached hydrogens (tertiary/aromatic N) is 1. The predicted octanol–water partition coefficient (Wildman–Crippen LogP) is 4.47. The van der Waals surface area contributed by atoms with Crippen molar-refractivity contribution in [3.63, 3.8) is 0 Å². The molecule has 4 nitrogen and oxygen atoms in total. The average molecular weight is 338 g/mol. The maximum absolute atomic E-state index is 12.5. The third-order valence-electron chi connectivity index (χ3n) is 3.18. The number of para-hydroxylation sites is 1. The monoisotopic (exact) mass is 338 g/mol. The van der Waals surface area contributed by atoms with Crippen LogP contribution in [0.5, 0.6) is 5.75 Å². The third kappa shape index (κ3) is 4.83. The Morgan fingerprint density at radius 2 is 2.00 bits per heavy atom. The minimum absolute atomic E-state index is 0.126. The second-order valence-corrected chi connectivity index (χ2v) is 5.42. The number of hydrogen-bond donors (Lipinski definition) is 1. The molecule has 0 saturated heterocycles. The Balaban J connectivity index is 2.14. The van der Waals surface area contributed by atoms with Gasteiger partial charge in [-0.3, -0.25) is 4.90 Å². The van der Waals surface area contributed by atoms with Crippen molar-refractivity contribution in [1.82, 2.24) is 0 Å². The molecule has 5 heteroatoms. The molecular weight excluding hydrogens is 320 g/mol. The first-order chi connectivity index (χ1) is 11.6. The maximum Gasteiger partial charge on any atom is 0.420 e. The van der Waals surface area contributed by atoms with E-state index in [-0.39, 0.29) is 6.54 Å². The number of carbonyl (C=O) groups excluding carboxylic acids is 1. The van der Waals surface area contributed by atoms with Crippen LogP contribution in [0.2, 0.25) is 0 Å². The molecule has 0 aliphatic heterocycles. The van der Waals surface area contributed by atoms with Gasteiger partial charge in [-0.2, -0.15) is 0 Å². The number of carbonyl (C=O) groups is 1. The van der Waals surface area contributed by atoms with Crippen molar-refractivity contribution in [2.45, 2.75) is 13.3 Å². The molecule has 1 amide bonds. The highest BCUT2D eigenvalue weighted by molar-refractivity contribution is 7.80. The van der Waals surface area contributed by atoms with Gasteiger partial charge in [0.15, 0.2) is 0 Å². The molecule has 0 radical (unpaired) electrons. The summed E-state index contributed by atoms with van der Waals surface area (Å²) in [5, 5.41) is 3.09. The Morgan fingerprint density at radius 1 is 1.25 bits per heavy atom. The summed E-state index contributed by atoms with van der Waals surface area (Å²) < 4.78 is 5.45. The molecule has 0 saturated carbocycles. The molecule has 0 atom stereocenters. The van der Waals surface area contributed by atoms with E-state index in [4.69, 9.17) is 23.4 Å². The zero-order chi connectivity index (χ0) is 17.4. The molecule has 2 rings (SSSR count). The van der Waals surface area contributed by atoms with E-state index in [1.807, 2.05) is 31.2 Å². The number of rotatable bonds is 5. The van der Waals surface area contributed by atoms with Gasteiger partial charge in [0, 0.05) is 17.4 Å². The van der Waals surface area contributed by atoms with Crippen molar-refractivity contribution < 1.29 is 9.53 Å². The molecule has 0 fully saturated rings. The highest BCUT2D eigenvalue weighted by atomic mass is 32.1. The molecule has 0 heterocycles. The van der Waals surface area contributed by atoms with Gasteiger partial charge in [0.25, 0.3) is 0 Å². The van der Waals surface area contributed by atoms with Crippen molar-refractivity contribution in [3.05, 3.63) is 54.6 Å². The standard InChI is InChI=1S/C19H18N2O2S/c1-3-13-21(16-10-6-5-7-11-16)19(22)23-17-12-8-9-15(14-17)20-18(24)4-2/h1,5-12,14H,4,13H2,2H3,(H,20,24). The molecule has 122 valence electrons. The topological polar surface area (TPSA) is 41.6 Å². The van der Waals surface area contributed by atoms with Gasteiger partial charge in [-0.15, -0.1) is 6.42 Å². The lowest BCUT2D eigenvalue weighted by Crippen LogP contribution is -2.33. The van der Waals surface area contributed by atoms with Crippen molar-refractivity contribution >= 4 is 34.7 Å². The van der Waals surface area contributed by atoms with Crippen LogP contribution >= 0.6 is 12.2 Å². The van der Waals surface area contributed by atoms with Gasteiger partial charge >= 0.3 is 6.09 Å². The SMILES string of the molecule is C#CCN(C(=O)Oc1cccc(NC(=S)CC)c1)c1ccccc1. The molecule has 0 aliphatic carbocycles. The fourth-order valence-electron chi connectivity index (χ4n) is 2.00. The number of terminal acetylenes is 1. The van der Waals surface area contributed by atoms with Gasteiger partial charge in [0.2, 0.25) is 0 Å². The van der Waals surface area contributed by atoms with Gasteiger partial charge in [-0.05, 0) is 30.7 Å². The smallest absolute Gasteiger partial charge is 0.410 e. The van der Waals surface area contributed by atoms with Gasteiger partial charge in [-0.25, -0.2) is 4.79 Å². The average Bonchev–Trinajstić information content (AvgIpc) is 2.60. The molecule has 0 bridgehead atoms. The summed E-state index contributed by atoms with van der Waals surface area (Å²) in [6.07, 6.45) is 5.57. The van der Waals surface area contributed by atoms with E-state index in [1.165, 1.54) is 4.90 Å². The number of thiocarbonyl (C=S) groups is 1. The Hall–Kier alpha value is -2.84. The van der Waals surface area contributed by atoms with Gasteiger partial charge in [0.1, 0.15) is 5.75 Å². The Labute approximate surface area is 147 Å². The van der Waals surface area contributed by atoms with Gasteiger partial charge in [0.05, 0.1) is 11.5 Å². The number of nitrogens with one attached hydrogen (secondary N) is 1. The minimum atomic E-state index is -0.533. The Morgan fingerprint density at radius 3 is 2.67 bits per heavy atom. The van der Waals surface area contributed by atoms with Crippen LogP contribution in [-0.4, -0.2) is 17.6 Å². The van der Waals surface area contributed by atoms with Crippen LogP contribution in [0.1, 0.15) is 13.3 Å². The number of hydrogen-bond acceptors (Lipinski definition) is 3. The van der Waals surface area contributed by atoms with Gasteiger partial charge in [-0.1, -0.05) is 49.3 Å². The van der Waals surface area contributed by atoms with Crippen LogP contribution in [0.25, 0.3) is 0 Å². The summed E-state index contributed by atoms with van der Waals surface area (Å²) in [5.41, 5.74) is 1.46. The number of amides is 1. The summed E-state index contributed by atoms with van der Waals surface area (Å²) >= 11 is 5.16. The Kier molecular flexibility index (Phi) is 6.35. The first-order valence-corrected chi connectivity index (χ1v) is 7.92. The summed E-state index contributed by atoms with van der Waals surface area (Å²) in [6.45, 7) is 2.09. The first-order valence-electron chi connectivity index (χ1n) is 7.51. The molecule has 0 unspecified atom stereocenters. The van der Waals surface area contributed by atoms with Crippen LogP contribution in [0.15, 0.2) is 54.6 Å². The number of ether oxygens (including phenoxy) is 1. The highest BCUT2D eigenvalue weighted by Crippen LogP contribution is 2.20. The van der Waals surface area contributed by atoms with Crippen LogP contribution in [0, 0.1) is 12.3 Å². The summed E-state index contributed by atoms with van der Waals surface area (Å²) in [5.74, 6) is 2.89. The number of anilines is 2. The number of benzene rings is 2. The summed E-state index contributed by atoms with van der Waals surface area (Å²) in [6, 6.07) is 16.2. The van der Waals surface area contributed by atoms with Crippen molar-refractivity contribution in [2.24, 2.45) is 0 Å². The lowest BCUT2D eigenvalue weighted by molar-refractivity contribution is 0.208. The Bertz CT molecular complexity index is 753. The van der Waals surface area contributed by atoms with Gasteiger partial charge < -0.3 is 10.1 Å². The van der Waals surface area contributed by atoms with Crippen LogP contribution < -0.4 is 15.0 Å². The molecule has 0 aliphatic rings. The lowest BCUT2D eigenvalue weighted by Gasteiger charge is -2.19. The second-order valence-electron chi connectivity index (χ2n) is 4.92. The molecule has 0 spiro atoms. The largest absolute Gasteiger partial charge is 0.420 e. The van der Waals surface area contributed by atoms with E-state index in [0.717, 1.165) is 17.1 Å². The first kappa shape index (κ1) is 17.5. The highest BCUT2D eigenvalue weighted by Gasteiger charge is 2.17. The van der Waals surface area contributed by atoms with Crippen LogP contribution in [0.3, 0.4) is 0 Å². The fourth-order valence-corrected chi connectivity index (χ4v) is 2.12. The molecule has 1 N–H and O–H groups in total. The fraction of sp³-hybridized carbons (Fsp3) is 0.158. The van der Waals surface area contributed by atoms with E-state index in [9.17, 15) is 4.79 Å². The van der Waals surface area contributed by atoms with E-state index in [1.54, 1.807) is 30.3 Å². The molecular formula is C19H18N2O2S. The van der Waals surface area contributed by atoms with Crippen LogP contribution in [0.4, 0.5) is 16.2 Å². The normalized spacial score (nSPS) is 9.67. The molecule has 24 heavy (non-hydrogen) atoms.